The molecule has 1 aromatic carbocycles. The predicted molar refractivity (Wildman–Crippen MR) is 90.8 cm³/mol. The number of halogens is 3. The van der Waals surface area contributed by atoms with Crippen molar-refractivity contribution in [1.82, 2.24) is 5.01 Å². The Labute approximate surface area is 150 Å². The molecule has 0 saturated heterocycles. The average molecular weight is 372 g/mol. The predicted octanol–water partition coefficient (Wildman–Crippen LogP) is 3.71. The molecule has 144 valence electrons. The quantitative estimate of drug-likeness (QED) is 0.828. The van der Waals surface area contributed by atoms with Gasteiger partial charge in [0, 0.05) is 12.1 Å². The van der Waals surface area contributed by atoms with Crippen molar-refractivity contribution in [3.05, 3.63) is 29.3 Å². The van der Waals surface area contributed by atoms with E-state index in [2.05, 4.69) is 5.10 Å². The largest absolute Gasteiger partial charge is 0.484 e. The smallest absolute Gasteiger partial charge is 0.438 e. The standard InChI is InChI=1S/C18H23F3N2O3/c1-4-5-6-14-10-17(25,18(19,20)21)23(22-14)16(24)11-26-15-8-7-12(2)13(3)9-15/h7-9,25H,4-6,10-11H2,1-3H3. The Balaban J connectivity index is 2.14. The Hall–Kier alpha value is -2.09. The van der Waals surface area contributed by atoms with Crippen LogP contribution in [0, 0.1) is 13.8 Å². The van der Waals surface area contributed by atoms with Crippen LogP contribution in [-0.2, 0) is 4.79 Å². The molecule has 0 aliphatic carbocycles. The summed E-state index contributed by atoms with van der Waals surface area (Å²) in [6, 6.07) is 5.11. The van der Waals surface area contributed by atoms with Crippen LogP contribution in [0.3, 0.4) is 0 Å². The second-order valence-electron chi connectivity index (χ2n) is 6.50. The van der Waals surface area contributed by atoms with Crippen molar-refractivity contribution in [2.24, 2.45) is 5.10 Å². The molecule has 0 spiro atoms. The van der Waals surface area contributed by atoms with Gasteiger partial charge in [-0.2, -0.15) is 23.3 Å². The van der Waals surface area contributed by atoms with Crippen LogP contribution in [0.1, 0.15) is 43.7 Å². The molecule has 0 fully saturated rings. The van der Waals surface area contributed by atoms with Crippen molar-refractivity contribution >= 4 is 11.6 Å². The zero-order valence-electron chi connectivity index (χ0n) is 15.1. The van der Waals surface area contributed by atoms with E-state index in [1.807, 2.05) is 20.8 Å². The molecular formula is C18H23F3N2O3. The molecule has 1 amide bonds. The summed E-state index contributed by atoms with van der Waals surface area (Å²) in [5, 5.41) is 14.0. The maximum Gasteiger partial charge on any atom is 0.438 e. The van der Waals surface area contributed by atoms with Gasteiger partial charge in [0.1, 0.15) is 5.75 Å². The number of alkyl halides is 3. The Morgan fingerprint density at radius 3 is 2.62 bits per heavy atom. The van der Waals surface area contributed by atoms with Crippen molar-refractivity contribution < 1.29 is 27.8 Å². The minimum absolute atomic E-state index is 0.124. The molecule has 1 N–H and O–H groups in total. The lowest BCUT2D eigenvalue weighted by Crippen LogP contribution is -2.57. The monoisotopic (exact) mass is 372 g/mol. The number of hydrogen-bond donors (Lipinski definition) is 1. The number of unbranched alkanes of at least 4 members (excludes halogenated alkanes) is 1. The molecule has 1 unspecified atom stereocenters. The number of carbonyl (C=O) groups excluding carboxylic acids is 1. The van der Waals surface area contributed by atoms with Crippen LogP contribution in [0.5, 0.6) is 5.75 Å². The lowest BCUT2D eigenvalue weighted by molar-refractivity contribution is -0.302. The number of amides is 1. The van der Waals surface area contributed by atoms with E-state index in [1.165, 1.54) is 0 Å². The molecule has 26 heavy (non-hydrogen) atoms. The number of ether oxygens (including phenoxy) is 1. The fraction of sp³-hybridized carbons (Fsp3) is 0.556. The number of nitrogens with zero attached hydrogens (tertiary/aromatic N) is 2. The molecule has 1 aliphatic rings. The Morgan fingerprint density at radius 2 is 2.04 bits per heavy atom. The molecule has 1 atom stereocenters. The number of rotatable bonds is 6. The molecule has 1 aliphatic heterocycles. The number of aryl methyl sites for hydroxylation is 2. The van der Waals surface area contributed by atoms with Gasteiger partial charge in [0.25, 0.3) is 11.6 Å². The molecule has 5 nitrogen and oxygen atoms in total. The van der Waals surface area contributed by atoms with Crippen molar-refractivity contribution in [2.75, 3.05) is 6.61 Å². The van der Waals surface area contributed by atoms with Gasteiger partial charge in [-0.3, -0.25) is 4.79 Å². The van der Waals surface area contributed by atoms with Crippen molar-refractivity contribution in [1.29, 1.82) is 0 Å². The summed E-state index contributed by atoms with van der Waals surface area (Å²) >= 11 is 0. The summed E-state index contributed by atoms with van der Waals surface area (Å²) in [6.07, 6.45) is -4.04. The number of benzene rings is 1. The highest BCUT2D eigenvalue weighted by Crippen LogP contribution is 2.41. The van der Waals surface area contributed by atoms with Gasteiger partial charge in [0.15, 0.2) is 6.61 Å². The van der Waals surface area contributed by atoms with Crippen LogP contribution in [-0.4, -0.2) is 40.2 Å². The lowest BCUT2D eigenvalue weighted by Gasteiger charge is -2.32. The second-order valence-corrected chi connectivity index (χ2v) is 6.50. The second kappa shape index (κ2) is 7.65. The topological polar surface area (TPSA) is 62.1 Å². The summed E-state index contributed by atoms with van der Waals surface area (Å²) in [5.41, 5.74) is -1.20. The SMILES string of the molecule is CCCCC1=NN(C(=O)COc2ccc(C)c(C)c2)C(O)(C(F)(F)F)C1. The van der Waals surface area contributed by atoms with E-state index < -0.39 is 30.8 Å². The third-order valence-electron chi connectivity index (χ3n) is 4.39. The zero-order chi connectivity index (χ0) is 19.5. The summed E-state index contributed by atoms with van der Waals surface area (Å²) in [4.78, 5) is 12.3. The van der Waals surface area contributed by atoms with Crippen molar-refractivity contribution in [2.45, 2.75) is 58.4 Å². The third kappa shape index (κ3) is 4.17. The third-order valence-corrected chi connectivity index (χ3v) is 4.39. The molecule has 8 heteroatoms. The Kier molecular flexibility index (Phi) is 5.95. The summed E-state index contributed by atoms with van der Waals surface area (Å²) in [7, 11) is 0. The highest BCUT2D eigenvalue weighted by atomic mass is 19.4. The van der Waals surface area contributed by atoms with E-state index >= 15 is 0 Å². The summed E-state index contributed by atoms with van der Waals surface area (Å²) < 4.78 is 45.4. The molecule has 0 radical (unpaired) electrons. The molecule has 0 aromatic heterocycles. The van der Waals surface area contributed by atoms with Gasteiger partial charge < -0.3 is 9.84 Å². The van der Waals surface area contributed by atoms with E-state index in [1.54, 1.807) is 18.2 Å². The Bertz CT molecular complexity index is 703. The van der Waals surface area contributed by atoms with Crippen LogP contribution in [0.2, 0.25) is 0 Å². The van der Waals surface area contributed by atoms with Crippen LogP contribution in [0.15, 0.2) is 23.3 Å². The highest BCUT2D eigenvalue weighted by Gasteiger charge is 2.63. The molecule has 1 heterocycles. The minimum Gasteiger partial charge on any atom is -0.484 e. The fourth-order valence-corrected chi connectivity index (χ4v) is 2.63. The van der Waals surface area contributed by atoms with Gasteiger partial charge in [0.2, 0.25) is 0 Å². The van der Waals surface area contributed by atoms with Crippen LogP contribution >= 0.6 is 0 Å². The van der Waals surface area contributed by atoms with Gasteiger partial charge in [-0.05, 0) is 49.9 Å². The summed E-state index contributed by atoms with van der Waals surface area (Å²) in [6.45, 7) is 5.01. The zero-order valence-corrected chi connectivity index (χ0v) is 15.1. The summed E-state index contributed by atoms with van der Waals surface area (Å²) in [5.74, 6) is -0.680. The first-order valence-corrected chi connectivity index (χ1v) is 8.47. The number of hydrogen-bond acceptors (Lipinski definition) is 4. The van der Waals surface area contributed by atoms with Gasteiger partial charge >= 0.3 is 6.18 Å². The first-order chi connectivity index (χ1) is 12.1. The maximum absolute atomic E-state index is 13.4. The highest BCUT2D eigenvalue weighted by molar-refractivity contribution is 5.91. The van der Waals surface area contributed by atoms with Gasteiger partial charge in [-0.15, -0.1) is 0 Å². The molecule has 0 bridgehead atoms. The van der Waals surface area contributed by atoms with E-state index in [-0.39, 0.29) is 10.7 Å². The first kappa shape index (κ1) is 20.2. The van der Waals surface area contributed by atoms with Crippen LogP contribution in [0.25, 0.3) is 0 Å². The molecular weight excluding hydrogens is 349 g/mol. The van der Waals surface area contributed by atoms with E-state index in [0.29, 0.717) is 18.6 Å². The van der Waals surface area contributed by atoms with E-state index in [9.17, 15) is 23.1 Å². The molecule has 1 aromatic rings. The first-order valence-electron chi connectivity index (χ1n) is 8.47. The van der Waals surface area contributed by atoms with Crippen LogP contribution in [0.4, 0.5) is 13.2 Å². The van der Waals surface area contributed by atoms with Gasteiger partial charge in [-0.25, -0.2) is 0 Å². The lowest BCUT2D eigenvalue weighted by atomic mass is 10.0. The number of hydrazone groups is 1. The normalized spacial score (nSPS) is 20.3. The van der Waals surface area contributed by atoms with Crippen molar-refractivity contribution in [3.8, 4) is 5.75 Å². The Morgan fingerprint density at radius 1 is 1.35 bits per heavy atom. The van der Waals surface area contributed by atoms with Crippen molar-refractivity contribution in [3.63, 3.8) is 0 Å². The number of aliphatic hydroxyl groups is 1. The minimum atomic E-state index is -5.01. The van der Waals surface area contributed by atoms with E-state index in [0.717, 1.165) is 17.5 Å². The maximum atomic E-state index is 13.4. The molecule has 2 rings (SSSR count). The van der Waals surface area contributed by atoms with E-state index in [4.69, 9.17) is 4.74 Å². The average Bonchev–Trinajstić information content (AvgIpc) is 2.92. The molecule has 0 saturated carbocycles. The van der Waals surface area contributed by atoms with Crippen LogP contribution < -0.4 is 4.74 Å². The number of carbonyl (C=O) groups is 1. The van der Waals surface area contributed by atoms with Gasteiger partial charge in [-0.1, -0.05) is 19.4 Å². The fourth-order valence-electron chi connectivity index (χ4n) is 2.63. The van der Waals surface area contributed by atoms with Gasteiger partial charge in [0.05, 0.1) is 0 Å².